The second-order valence-electron chi connectivity index (χ2n) is 4.83. The van der Waals surface area contributed by atoms with Gasteiger partial charge in [0, 0.05) is 5.56 Å². The lowest BCUT2D eigenvalue weighted by Crippen LogP contribution is -2.15. The highest BCUT2D eigenvalue weighted by molar-refractivity contribution is 6.17. The van der Waals surface area contributed by atoms with Crippen LogP contribution in [-0.4, -0.2) is 33.5 Å². The summed E-state index contributed by atoms with van der Waals surface area (Å²) in [6, 6.07) is 4.97. The van der Waals surface area contributed by atoms with Gasteiger partial charge >= 0.3 is 11.7 Å². The molecule has 2 rings (SSSR count). The van der Waals surface area contributed by atoms with Crippen LogP contribution in [0.4, 0.5) is 10.1 Å². The highest BCUT2D eigenvalue weighted by Gasteiger charge is 2.34. The van der Waals surface area contributed by atoms with Crippen LogP contribution in [0.15, 0.2) is 30.3 Å². The summed E-state index contributed by atoms with van der Waals surface area (Å²) in [7, 11) is 0. The minimum absolute atomic E-state index is 0.0954. The molecule has 2 aromatic carbocycles. The first-order valence-corrected chi connectivity index (χ1v) is 6.98. The van der Waals surface area contributed by atoms with Crippen LogP contribution in [-0.2, 0) is 4.74 Å². The Bertz CT molecular complexity index is 879. The Morgan fingerprint density at radius 2 is 1.96 bits per heavy atom. The SMILES string of the molecule is CCOC(=O)c1cc(O)c(O)c([N+](=O)[O-])c1C(=O)c1cccc(F)c1. The summed E-state index contributed by atoms with van der Waals surface area (Å²) in [5.74, 6) is -5.11. The number of rotatable bonds is 5. The third kappa shape index (κ3) is 3.39. The van der Waals surface area contributed by atoms with E-state index >= 15 is 0 Å². The topological polar surface area (TPSA) is 127 Å². The van der Waals surface area contributed by atoms with Crippen molar-refractivity contribution in [2.45, 2.75) is 6.92 Å². The Morgan fingerprint density at radius 3 is 2.52 bits per heavy atom. The van der Waals surface area contributed by atoms with Crippen LogP contribution in [0, 0.1) is 15.9 Å². The van der Waals surface area contributed by atoms with E-state index in [1.807, 2.05) is 0 Å². The molecule has 2 aromatic rings. The monoisotopic (exact) mass is 349 g/mol. The number of nitro benzene ring substituents is 1. The zero-order valence-corrected chi connectivity index (χ0v) is 12.9. The van der Waals surface area contributed by atoms with Crippen molar-refractivity contribution < 1.29 is 33.9 Å². The number of hydrogen-bond donors (Lipinski definition) is 2. The summed E-state index contributed by atoms with van der Waals surface area (Å²) in [6.07, 6.45) is 0. The lowest BCUT2D eigenvalue weighted by Gasteiger charge is -2.11. The van der Waals surface area contributed by atoms with Crippen molar-refractivity contribution in [1.82, 2.24) is 0 Å². The molecule has 2 N–H and O–H groups in total. The second-order valence-corrected chi connectivity index (χ2v) is 4.83. The molecule has 0 aliphatic heterocycles. The van der Waals surface area contributed by atoms with Crippen LogP contribution >= 0.6 is 0 Å². The van der Waals surface area contributed by atoms with Gasteiger partial charge in [-0.25, -0.2) is 9.18 Å². The molecule has 0 bridgehead atoms. The van der Waals surface area contributed by atoms with Crippen molar-refractivity contribution in [3.05, 3.63) is 63.0 Å². The predicted octanol–water partition coefficient (Wildman–Crippen LogP) is 2.55. The Balaban J connectivity index is 2.80. The van der Waals surface area contributed by atoms with Gasteiger partial charge in [0.2, 0.25) is 11.5 Å². The number of benzene rings is 2. The first-order chi connectivity index (χ1) is 11.8. The third-order valence-corrected chi connectivity index (χ3v) is 3.25. The van der Waals surface area contributed by atoms with Crippen molar-refractivity contribution in [2.75, 3.05) is 6.61 Å². The summed E-state index contributed by atoms with van der Waals surface area (Å²) >= 11 is 0. The number of nitrogens with zero attached hydrogens (tertiary/aromatic N) is 1. The number of carbonyl (C=O) groups is 2. The number of phenolic OH excluding ortho intramolecular Hbond substituents is 2. The summed E-state index contributed by atoms with van der Waals surface area (Å²) < 4.78 is 18.1. The average molecular weight is 349 g/mol. The molecular formula is C16H12FNO7. The number of ether oxygens (including phenoxy) is 1. The molecule has 0 saturated heterocycles. The largest absolute Gasteiger partial charge is 0.504 e. The van der Waals surface area contributed by atoms with E-state index in [1.165, 1.54) is 19.1 Å². The quantitative estimate of drug-likeness (QED) is 0.279. The molecule has 0 aliphatic rings. The molecule has 0 radical (unpaired) electrons. The van der Waals surface area contributed by atoms with Crippen LogP contribution in [0.3, 0.4) is 0 Å². The molecule has 0 heterocycles. The molecule has 0 atom stereocenters. The van der Waals surface area contributed by atoms with Gasteiger partial charge in [0.05, 0.1) is 17.1 Å². The molecule has 130 valence electrons. The Hall–Kier alpha value is -3.49. The third-order valence-electron chi connectivity index (χ3n) is 3.25. The van der Waals surface area contributed by atoms with Crippen molar-refractivity contribution in [2.24, 2.45) is 0 Å². The zero-order chi connectivity index (χ0) is 18.7. The molecule has 8 nitrogen and oxygen atoms in total. The maximum absolute atomic E-state index is 13.4. The number of ketones is 1. The Kier molecular flexibility index (Phi) is 4.97. The molecule has 25 heavy (non-hydrogen) atoms. The highest BCUT2D eigenvalue weighted by atomic mass is 19.1. The van der Waals surface area contributed by atoms with Crippen LogP contribution in [0.2, 0.25) is 0 Å². The molecule has 0 fully saturated rings. The number of nitro groups is 1. The number of halogens is 1. The maximum atomic E-state index is 13.4. The van der Waals surface area contributed by atoms with Gasteiger partial charge in [-0.1, -0.05) is 12.1 Å². The second kappa shape index (κ2) is 6.95. The van der Waals surface area contributed by atoms with Gasteiger partial charge in [-0.3, -0.25) is 14.9 Å². The molecule has 0 unspecified atom stereocenters. The predicted molar refractivity (Wildman–Crippen MR) is 82.2 cm³/mol. The van der Waals surface area contributed by atoms with Gasteiger partial charge in [0.1, 0.15) is 11.4 Å². The standard InChI is InChI=1S/C16H12FNO7/c1-2-25-16(22)10-7-11(19)15(21)13(18(23)24)12(10)14(20)8-4-3-5-9(17)6-8/h3-7,19,21H,2H2,1H3. The maximum Gasteiger partial charge on any atom is 0.339 e. The smallest absolute Gasteiger partial charge is 0.339 e. The summed E-state index contributed by atoms with van der Waals surface area (Å²) in [6.45, 7) is 1.38. The van der Waals surface area contributed by atoms with Gasteiger partial charge < -0.3 is 14.9 Å². The van der Waals surface area contributed by atoms with Crippen LogP contribution in [0.5, 0.6) is 11.5 Å². The van der Waals surface area contributed by atoms with Crippen molar-refractivity contribution >= 4 is 17.4 Å². The summed E-state index contributed by atoms with van der Waals surface area (Å²) in [5, 5.41) is 30.7. The molecule has 0 spiro atoms. The van der Waals surface area contributed by atoms with Crippen LogP contribution in [0.25, 0.3) is 0 Å². The van der Waals surface area contributed by atoms with E-state index in [2.05, 4.69) is 0 Å². The van der Waals surface area contributed by atoms with Crippen molar-refractivity contribution in [3.8, 4) is 11.5 Å². The number of aromatic hydroxyl groups is 2. The van der Waals surface area contributed by atoms with E-state index in [4.69, 9.17) is 4.74 Å². The van der Waals surface area contributed by atoms with Crippen LogP contribution < -0.4 is 0 Å². The zero-order valence-electron chi connectivity index (χ0n) is 12.9. The fourth-order valence-corrected chi connectivity index (χ4v) is 2.20. The van der Waals surface area contributed by atoms with Gasteiger partial charge in [-0.05, 0) is 25.1 Å². The van der Waals surface area contributed by atoms with E-state index < -0.39 is 50.8 Å². The van der Waals surface area contributed by atoms with E-state index in [9.17, 15) is 34.3 Å². The molecule has 9 heteroatoms. The van der Waals surface area contributed by atoms with E-state index in [0.717, 1.165) is 12.1 Å². The van der Waals surface area contributed by atoms with Gasteiger partial charge in [-0.15, -0.1) is 0 Å². The number of esters is 1. The van der Waals surface area contributed by atoms with E-state index in [-0.39, 0.29) is 12.2 Å². The summed E-state index contributed by atoms with van der Waals surface area (Å²) in [4.78, 5) is 34.9. The number of hydrogen-bond acceptors (Lipinski definition) is 7. The average Bonchev–Trinajstić information content (AvgIpc) is 2.55. The van der Waals surface area contributed by atoms with Gasteiger partial charge in [0.25, 0.3) is 0 Å². The number of carbonyl (C=O) groups excluding carboxylic acids is 2. The molecular weight excluding hydrogens is 337 g/mol. The minimum Gasteiger partial charge on any atom is -0.504 e. The normalized spacial score (nSPS) is 10.3. The fraction of sp³-hybridized carbons (Fsp3) is 0.125. The molecule has 0 saturated carbocycles. The molecule has 0 aromatic heterocycles. The van der Waals surface area contributed by atoms with Crippen LogP contribution in [0.1, 0.15) is 33.2 Å². The summed E-state index contributed by atoms with van der Waals surface area (Å²) in [5.41, 5.74) is -2.86. The Morgan fingerprint density at radius 1 is 1.28 bits per heavy atom. The fourth-order valence-electron chi connectivity index (χ4n) is 2.20. The van der Waals surface area contributed by atoms with Gasteiger partial charge in [0.15, 0.2) is 5.75 Å². The van der Waals surface area contributed by atoms with Crippen molar-refractivity contribution in [1.29, 1.82) is 0 Å². The number of phenols is 2. The first-order valence-electron chi connectivity index (χ1n) is 6.98. The molecule has 0 amide bonds. The van der Waals surface area contributed by atoms with Crippen molar-refractivity contribution in [3.63, 3.8) is 0 Å². The lowest BCUT2D eigenvalue weighted by atomic mass is 9.95. The molecule has 0 aliphatic carbocycles. The first kappa shape index (κ1) is 17.9. The lowest BCUT2D eigenvalue weighted by molar-refractivity contribution is -0.386. The Labute approximate surface area is 140 Å². The highest BCUT2D eigenvalue weighted by Crippen LogP contribution is 2.41. The van der Waals surface area contributed by atoms with E-state index in [0.29, 0.717) is 6.07 Å². The van der Waals surface area contributed by atoms with Gasteiger partial charge in [-0.2, -0.15) is 0 Å². The minimum atomic E-state index is -1.18. The van der Waals surface area contributed by atoms with E-state index in [1.54, 1.807) is 0 Å².